The van der Waals surface area contributed by atoms with Crippen molar-refractivity contribution in [2.45, 2.75) is 25.3 Å². The molecular formula is C19H31N3O. The summed E-state index contributed by atoms with van der Waals surface area (Å²) in [6.07, 6.45) is 4.11. The Morgan fingerprint density at radius 3 is 2.39 bits per heavy atom. The van der Waals surface area contributed by atoms with Crippen LogP contribution < -0.4 is 5.32 Å². The number of nitrogens with zero attached hydrogens (tertiary/aromatic N) is 2. The monoisotopic (exact) mass is 317 g/mol. The predicted molar refractivity (Wildman–Crippen MR) is 94.7 cm³/mol. The zero-order chi connectivity index (χ0) is 15.7. The molecule has 2 aliphatic heterocycles. The quantitative estimate of drug-likeness (QED) is 0.834. The summed E-state index contributed by atoms with van der Waals surface area (Å²) in [5.41, 5.74) is 1.42. The van der Waals surface area contributed by atoms with E-state index in [1.54, 1.807) is 0 Å². The van der Waals surface area contributed by atoms with Gasteiger partial charge in [0, 0.05) is 38.8 Å². The number of morpholine rings is 1. The van der Waals surface area contributed by atoms with Gasteiger partial charge in [-0.15, -0.1) is 0 Å². The third kappa shape index (κ3) is 5.57. The van der Waals surface area contributed by atoms with Crippen LogP contribution in [0.5, 0.6) is 0 Å². The molecule has 3 rings (SSSR count). The largest absolute Gasteiger partial charge is 0.379 e. The van der Waals surface area contributed by atoms with E-state index in [9.17, 15) is 0 Å². The van der Waals surface area contributed by atoms with Crippen LogP contribution in [0.1, 0.15) is 30.9 Å². The fourth-order valence-corrected chi connectivity index (χ4v) is 3.59. The molecule has 23 heavy (non-hydrogen) atoms. The topological polar surface area (TPSA) is 27.7 Å². The maximum absolute atomic E-state index is 5.43. The lowest BCUT2D eigenvalue weighted by Gasteiger charge is -2.32. The van der Waals surface area contributed by atoms with Crippen LogP contribution >= 0.6 is 0 Å². The Labute approximate surface area is 140 Å². The summed E-state index contributed by atoms with van der Waals surface area (Å²) in [6, 6.07) is 11.4. The molecule has 1 N–H and O–H groups in total. The highest BCUT2D eigenvalue weighted by Gasteiger charge is 2.18. The van der Waals surface area contributed by atoms with Crippen LogP contribution in [-0.2, 0) is 4.74 Å². The maximum Gasteiger partial charge on any atom is 0.0594 e. The van der Waals surface area contributed by atoms with Gasteiger partial charge in [-0.05, 0) is 31.5 Å². The molecule has 2 fully saturated rings. The minimum absolute atomic E-state index is 0.440. The van der Waals surface area contributed by atoms with E-state index in [1.807, 2.05) is 0 Å². The van der Waals surface area contributed by atoms with Crippen molar-refractivity contribution in [3.63, 3.8) is 0 Å². The SMILES string of the molecule is c1ccc(C(CN2CCCCC2)NCCN2CCOCC2)cc1. The fraction of sp³-hybridized carbons (Fsp3) is 0.684. The van der Waals surface area contributed by atoms with Gasteiger partial charge in [-0.2, -0.15) is 0 Å². The molecular weight excluding hydrogens is 286 g/mol. The predicted octanol–water partition coefficient (Wildman–Crippen LogP) is 2.14. The van der Waals surface area contributed by atoms with E-state index in [0.29, 0.717) is 6.04 Å². The molecule has 1 aromatic rings. The first-order chi connectivity index (χ1) is 11.4. The highest BCUT2D eigenvalue weighted by molar-refractivity contribution is 5.19. The van der Waals surface area contributed by atoms with Crippen molar-refractivity contribution in [2.75, 3.05) is 59.0 Å². The Morgan fingerprint density at radius 1 is 0.913 bits per heavy atom. The first-order valence-electron chi connectivity index (χ1n) is 9.22. The lowest BCUT2D eigenvalue weighted by atomic mass is 10.0. The molecule has 2 saturated heterocycles. The summed E-state index contributed by atoms with van der Waals surface area (Å²) in [5, 5.41) is 3.81. The molecule has 1 atom stereocenters. The summed E-state index contributed by atoms with van der Waals surface area (Å²) in [4.78, 5) is 5.13. The van der Waals surface area contributed by atoms with E-state index in [4.69, 9.17) is 4.74 Å². The number of nitrogens with one attached hydrogen (secondary N) is 1. The van der Waals surface area contributed by atoms with Crippen molar-refractivity contribution in [2.24, 2.45) is 0 Å². The van der Waals surface area contributed by atoms with Crippen molar-refractivity contribution in [1.82, 2.24) is 15.1 Å². The number of hydrogen-bond donors (Lipinski definition) is 1. The average molecular weight is 317 g/mol. The normalized spacial score (nSPS) is 22.1. The number of ether oxygens (including phenoxy) is 1. The summed E-state index contributed by atoms with van der Waals surface area (Å²) >= 11 is 0. The molecule has 128 valence electrons. The van der Waals surface area contributed by atoms with Crippen molar-refractivity contribution in [3.8, 4) is 0 Å². The van der Waals surface area contributed by atoms with Gasteiger partial charge in [-0.1, -0.05) is 36.8 Å². The smallest absolute Gasteiger partial charge is 0.0594 e. The Hall–Kier alpha value is -0.940. The fourth-order valence-electron chi connectivity index (χ4n) is 3.59. The van der Waals surface area contributed by atoms with E-state index < -0.39 is 0 Å². The van der Waals surface area contributed by atoms with Crippen molar-refractivity contribution >= 4 is 0 Å². The van der Waals surface area contributed by atoms with E-state index >= 15 is 0 Å². The molecule has 0 aliphatic carbocycles. The Morgan fingerprint density at radius 2 is 1.65 bits per heavy atom. The molecule has 2 aliphatic rings. The van der Waals surface area contributed by atoms with Crippen molar-refractivity contribution in [1.29, 1.82) is 0 Å². The second-order valence-electron chi connectivity index (χ2n) is 6.73. The molecule has 2 heterocycles. The third-order valence-corrected chi connectivity index (χ3v) is 5.01. The molecule has 0 spiro atoms. The Kier molecular flexibility index (Phi) is 6.89. The molecule has 1 unspecified atom stereocenters. The number of hydrogen-bond acceptors (Lipinski definition) is 4. The molecule has 0 aromatic heterocycles. The van der Waals surface area contributed by atoms with E-state index in [0.717, 1.165) is 45.9 Å². The van der Waals surface area contributed by atoms with Gasteiger partial charge in [-0.3, -0.25) is 4.90 Å². The molecule has 4 nitrogen and oxygen atoms in total. The average Bonchev–Trinajstić information content (AvgIpc) is 2.63. The Balaban J connectivity index is 1.51. The second-order valence-corrected chi connectivity index (χ2v) is 6.73. The van der Waals surface area contributed by atoms with Gasteiger partial charge in [0.05, 0.1) is 13.2 Å². The number of rotatable bonds is 7. The molecule has 0 amide bonds. The zero-order valence-electron chi connectivity index (χ0n) is 14.3. The molecule has 0 bridgehead atoms. The van der Waals surface area contributed by atoms with E-state index in [1.165, 1.54) is 37.9 Å². The standard InChI is InChI=1S/C19H31N3O/c1-3-7-18(8-4-1)19(17-22-10-5-2-6-11-22)20-9-12-21-13-15-23-16-14-21/h1,3-4,7-8,19-20H,2,5-6,9-17H2. The van der Waals surface area contributed by atoms with Gasteiger partial charge in [0.15, 0.2) is 0 Å². The number of likely N-dealkylation sites (tertiary alicyclic amines) is 1. The third-order valence-electron chi connectivity index (χ3n) is 5.01. The molecule has 1 aromatic carbocycles. The van der Waals surface area contributed by atoms with Gasteiger partial charge in [0.25, 0.3) is 0 Å². The van der Waals surface area contributed by atoms with Gasteiger partial charge in [0.1, 0.15) is 0 Å². The van der Waals surface area contributed by atoms with Crippen molar-refractivity contribution < 1.29 is 4.74 Å². The highest BCUT2D eigenvalue weighted by atomic mass is 16.5. The molecule has 0 saturated carbocycles. The van der Waals surface area contributed by atoms with Crippen LogP contribution in [0.15, 0.2) is 30.3 Å². The first-order valence-corrected chi connectivity index (χ1v) is 9.22. The van der Waals surface area contributed by atoms with Gasteiger partial charge < -0.3 is 15.0 Å². The van der Waals surface area contributed by atoms with Crippen LogP contribution in [0.4, 0.5) is 0 Å². The summed E-state index contributed by atoms with van der Waals surface area (Å²) in [5.74, 6) is 0. The minimum Gasteiger partial charge on any atom is -0.379 e. The Bertz CT molecular complexity index is 428. The highest BCUT2D eigenvalue weighted by Crippen LogP contribution is 2.17. The maximum atomic E-state index is 5.43. The summed E-state index contributed by atoms with van der Waals surface area (Å²) in [6.45, 7) is 9.73. The van der Waals surface area contributed by atoms with Gasteiger partial charge in [-0.25, -0.2) is 0 Å². The summed E-state index contributed by atoms with van der Waals surface area (Å²) < 4.78 is 5.43. The van der Waals surface area contributed by atoms with Gasteiger partial charge in [0.2, 0.25) is 0 Å². The minimum atomic E-state index is 0.440. The van der Waals surface area contributed by atoms with Crippen LogP contribution in [0.2, 0.25) is 0 Å². The first kappa shape index (κ1) is 16.9. The van der Waals surface area contributed by atoms with Crippen LogP contribution in [-0.4, -0.2) is 68.8 Å². The lowest BCUT2D eigenvalue weighted by Crippen LogP contribution is -2.43. The van der Waals surface area contributed by atoms with Crippen LogP contribution in [0.25, 0.3) is 0 Å². The van der Waals surface area contributed by atoms with Gasteiger partial charge >= 0.3 is 0 Å². The lowest BCUT2D eigenvalue weighted by molar-refractivity contribution is 0.0379. The van der Waals surface area contributed by atoms with E-state index in [-0.39, 0.29) is 0 Å². The zero-order valence-corrected chi connectivity index (χ0v) is 14.3. The van der Waals surface area contributed by atoms with E-state index in [2.05, 4.69) is 45.4 Å². The molecule has 0 radical (unpaired) electrons. The van der Waals surface area contributed by atoms with Crippen LogP contribution in [0, 0.1) is 0 Å². The second kappa shape index (κ2) is 9.38. The number of benzene rings is 1. The van der Waals surface area contributed by atoms with Crippen molar-refractivity contribution in [3.05, 3.63) is 35.9 Å². The summed E-state index contributed by atoms with van der Waals surface area (Å²) in [7, 11) is 0. The molecule has 4 heteroatoms. The number of piperidine rings is 1. The van der Waals surface area contributed by atoms with Crippen LogP contribution in [0.3, 0.4) is 0 Å².